The van der Waals surface area contributed by atoms with Crippen LogP contribution >= 0.6 is 0 Å². The average molecular weight is 412 g/mol. The minimum atomic E-state index is -0.981. The fraction of sp³-hybridized carbons (Fsp3) is 0.286. The average Bonchev–Trinajstić information content (AvgIpc) is 2.75. The van der Waals surface area contributed by atoms with Gasteiger partial charge in [0, 0.05) is 18.5 Å². The van der Waals surface area contributed by atoms with Crippen molar-refractivity contribution < 1.29 is 28.8 Å². The molecule has 0 unspecified atom stereocenters. The third kappa shape index (κ3) is 4.14. The van der Waals surface area contributed by atoms with E-state index in [1.165, 1.54) is 37.1 Å². The van der Waals surface area contributed by atoms with Gasteiger partial charge in [0.15, 0.2) is 6.61 Å². The molecule has 9 heteroatoms. The lowest BCUT2D eigenvalue weighted by molar-refractivity contribution is -0.385. The SMILES string of the molecule is COC(=O)[C@H]1Cc2ccccc2CN1C(=O)COC(=O)c1cccc(C)c1[N+](=O)[O-]. The second kappa shape index (κ2) is 8.73. The number of aryl methyl sites for hydroxylation is 1. The fourth-order valence-electron chi connectivity index (χ4n) is 3.49. The van der Waals surface area contributed by atoms with Crippen molar-refractivity contribution in [3.8, 4) is 0 Å². The van der Waals surface area contributed by atoms with Gasteiger partial charge in [-0.05, 0) is 24.1 Å². The zero-order valence-electron chi connectivity index (χ0n) is 16.5. The molecule has 156 valence electrons. The predicted molar refractivity (Wildman–Crippen MR) is 105 cm³/mol. The number of hydrogen-bond acceptors (Lipinski definition) is 7. The smallest absolute Gasteiger partial charge is 0.345 e. The molecule has 30 heavy (non-hydrogen) atoms. The number of amides is 1. The summed E-state index contributed by atoms with van der Waals surface area (Å²) in [6.45, 7) is 1.02. The van der Waals surface area contributed by atoms with E-state index < -0.39 is 35.4 Å². The molecular weight excluding hydrogens is 392 g/mol. The van der Waals surface area contributed by atoms with Crippen molar-refractivity contribution in [2.75, 3.05) is 13.7 Å². The van der Waals surface area contributed by atoms with E-state index in [4.69, 9.17) is 9.47 Å². The third-order valence-corrected chi connectivity index (χ3v) is 5.01. The second-order valence-electron chi connectivity index (χ2n) is 6.84. The van der Waals surface area contributed by atoms with Crippen LogP contribution in [-0.2, 0) is 32.0 Å². The highest BCUT2D eigenvalue weighted by atomic mass is 16.6. The van der Waals surface area contributed by atoms with Crippen LogP contribution < -0.4 is 0 Å². The lowest BCUT2D eigenvalue weighted by Crippen LogP contribution is -2.50. The molecule has 1 atom stereocenters. The van der Waals surface area contributed by atoms with E-state index in [1.807, 2.05) is 24.3 Å². The second-order valence-corrected chi connectivity index (χ2v) is 6.84. The number of fused-ring (bicyclic) bond motifs is 1. The molecule has 0 saturated carbocycles. The summed E-state index contributed by atoms with van der Waals surface area (Å²) in [4.78, 5) is 49.3. The minimum Gasteiger partial charge on any atom is -0.467 e. The number of carbonyl (C=O) groups is 3. The largest absolute Gasteiger partial charge is 0.467 e. The Morgan fingerprint density at radius 2 is 1.83 bits per heavy atom. The van der Waals surface area contributed by atoms with Crippen LogP contribution in [0, 0.1) is 17.0 Å². The molecule has 1 heterocycles. The number of carbonyl (C=O) groups excluding carboxylic acids is 3. The van der Waals surface area contributed by atoms with Gasteiger partial charge in [0.2, 0.25) is 0 Å². The fourth-order valence-corrected chi connectivity index (χ4v) is 3.49. The van der Waals surface area contributed by atoms with Crippen molar-refractivity contribution in [2.24, 2.45) is 0 Å². The molecule has 0 spiro atoms. The summed E-state index contributed by atoms with van der Waals surface area (Å²) in [5.74, 6) is -2.15. The van der Waals surface area contributed by atoms with Crippen LogP contribution in [0.2, 0.25) is 0 Å². The van der Waals surface area contributed by atoms with Crippen LogP contribution in [0.3, 0.4) is 0 Å². The zero-order chi connectivity index (χ0) is 21.8. The monoisotopic (exact) mass is 412 g/mol. The van der Waals surface area contributed by atoms with E-state index in [9.17, 15) is 24.5 Å². The van der Waals surface area contributed by atoms with Crippen LogP contribution in [0.5, 0.6) is 0 Å². The molecule has 1 aliphatic rings. The molecule has 0 fully saturated rings. The normalized spacial score (nSPS) is 15.1. The number of benzene rings is 2. The first kappa shape index (κ1) is 21.0. The number of methoxy groups -OCH3 is 1. The van der Waals surface area contributed by atoms with Gasteiger partial charge in [0.1, 0.15) is 11.6 Å². The van der Waals surface area contributed by atoms with Crippen molar-refractivity contribution in [1.29, 1.82) is 0 Å². The molecule has 2 aromatic carbocycles. The van der Waals surface area contributed by atoms with E-state index in [-0.39, 0.29) is 24.2 Å². The number of esters is 2. The van der Waals surface area contributed by atoms with Gasteiger partial charge in [-0.2, -0.15) is 0 Å². The number of para-hydroxylation sites is 1. The number of hydrogen-bond donors (Lipinski definition) is 0. The highest BCUT2D eigenvalue weighted by Crippen LogP contribution is 2.26. The van der Waals surface area contributed by atoms with Crippen LogP contribution in [0.25, 0.3) is 0 Å². The number of rotatable bonds is 5. The van der Waals surface area contributed by atoms with E-state index >= 15 is 0 Å². The molecule has 0 bridgehead atoms. The van der Waals surface area contributed by atoms with Gasteiger partial charge in [0.05, 0.1) is 12.0 Å². The first-order valence-corrected chi connectivity index (χ1v) is 9.18. The van der Waals surface area contributed by atoms with Crippen molar-refractivity contribution >= 4 is 23.5 Å². The Kier molecular flexibility index (Phi) is 6.10. The van der Waals surface area contributed by atoms with Crippen molar-refractivity contribution in [1.82, 2.24) is 4.90 Å². The molecule has 0 aliphatic carbocycles. The number of nitro groups is 1. The topological polar surface area (TPSA) is 116 Å². The highest BCUT2D eigenvalue weighted by molar-refractivity contribution is 5.96. The number of ether oxygens (including phenoxy) is 2. The van der Waals surface area contributed by atoms with Crippen molar-refractivity contribution in [2.45, 2.75) is 25.9 Å². The van der Waals surface area contributed by atoms with Crippen molar-refractivity contribution in [3.63, 3.8) is 0 Å². The number of nitro benzene ring substituents is 1. The quantitative estimate of drug-likeness (QED) is 0.420. The van der Waals surface area contributed by atoms with E-state index in [2.05, 4.69) is 0 Å². The summed E-state index contributed by atoms with van der Waals surface area (Å²) in [6, 6.07) is 10.8. The van der Waals surface area contributed by atoms with Crippen LogP contribution in [0.1, 0.15) is 27.0 Å². The maximum Gasteiger partial charge on any atom is 0.345 e. The van der Waals surface area contributed by atoms with Gasteiger partial charge in [0.25, 0.3) is 11.6 Å². The Balaban J connectivity index is 1.77. The van der Waals surface area contributed by atoms with Crippen LogP contribution in [0.15, 0.2) is 42.5 Å². The minimum absolute atomic E-state index is 0.164. The Morgan fingerprint density at radius 1 is 1.13 bits per heavy atom. The molecule has 0 N–H and O–H groups in total. The summed E-state index contributed by atoms with van der Waals surface area (Å²) in [5.41, 5.74) is 1.52. The Hall–Kier alpha value is -3.75. The van der Waals surface area contributed by atoms with Gasteiger partial charge in [-0.3, -0.25) is 14.9 Å². The molecule has 0 radical (unpaired) electrons. The van der Waals surface area contributed by atoms with Gasteiger partial charge in [-0.1, -0.05) is 36.4 Å². The summed E-state index contributed by atoms with van der Waals surface area (Å²) in [5, 5.41) is 11.3. The third-order valence-electron chi connectivity index (χ3n) is 5.01. The van der Waals surface area contributed by atoms with Crippen LogP contribution in [-0.4, -0.2) is 47.4 Å². The summed E-state index contributed by atoms with van der Waals surface area (Å²) in [6.07, 6.45) is 0.284. The van der Waals surface area contributed by atoms with Gasteiger partial charge < -0.3 is 14.4 Å². The van der Waals surface area contributed by atoms with Gasteiger partial charge >= 0.3 is 11.9 Å². The van der Waals surface area contributed by atoms with E-state index in [0.29, 0.717) is 5.56 Å². The first-order chi connectivity index (χ1) is 14.3. The maximum absolute atomic E-state index is 12.8. The summed E-state index contributed by atoms with van der Waals surface area (Å²) < 4.78 is 9.87. The molecule has 3 rings (SSSR count). The molecule has 1 amide bonds. The predicted octanol–water partition coefficient (Wildman–Crippen LogP) is 2.19. The summed E-state index contributed by atoms with van der Waals surface area (Å²) in [7, 11) is 1.24. The first-order valence-electron chi connectivity index (χ1n) is 9.18. The van der Waals surface area contributed by atoms with Crippen LogP contribution in [0.4, 0.5) is 5.69 Å². The van der Waals surface area contributed by atoms with E-state index in [0.717, 1.165) is 11.1 Å². The molecule has 0 saturated heterocycles. The van der Waals surface area contributed by atoms with Crippen molar-refractivity contribution in [3.05, 3.63) is 74.8 Å². The molecule has 2 aromatic rings. The van der Waals surface area contributed by atoms with E-state index in [1.54, 1.807) is 0 Å². The maximum atomic E-state index is 12.8. The summed E-state index contributed by atoms with van der Waals surface area (Å²) >= 11 is 0. The molecule has 9 nitrogen and oxygen atoms in total. The Morgan fingerprint density at radius 3 is 2.50 bits per heavy atom. The molecule has 1 aliphatic heterocycles. The highest BCUT2D eigenvalue weighted by Gasteiger charge is 2.36. The Labute approximate surface area is 172 Å². The lowest BCUT2D eigenvalue weighted by Gasteiger charge is -2.35. The number of nitrogens with zero attached hydrogens (tertiary/aromatic N) is 2. The standard InChI is InChI=1S/C21H20N2O7/c1-13-6-5-9-16(19(13)23(27)28)20(25)30-12-18(24)22-11-15-8-4-3-7-14(15)10-17(22)21(26)29-2/h3-9,17H,10-12H2,1-2H3/t17-/m1/s1. The molecule has 0 aromatic heterocycles. The van der Waals surface area contributed by atoms with Gasteiger partial charge in [-0.15, -0.1) is 0 Å². The Bertz CT molecular complexity index is 1020. The zero-order valence-corrected chi connectivity index (χ0v) is 16.5. The molecular formula is C21H20N2O7. The lowest BCUT2D eigenvalue weighted by atomic mass is 9.94. The van der Waals surface area contributed by atoms with Gasteiger partial charge in [-0.25, -0.2) is 9.59 Å².